The summed E-state index contributed by atoms with van der Waals surface area (Å²) in [6, 6.07) is 3.85. The van der Waals surface area contributed by atoms with Crippen LogP contribution in [0.15, 0.2) is 36.1 Å². The van der Waals surface area contributed by atoms with E-state index in [1.165, 1.54) is 0 Å². The molecular weight excluding hydrogens is 452 g/mol. The van der Waals surface area contributed by atoms with E-state index in [2.05, 4.69) is 58.3 Å². The number of hydrogen-bond acceptors (Lipinski definition) is 4. The third-order valence-electron chi connectivity index (χ3n) is 7.33. The maximum absolute atomic E-state index is 13.7. The molecular formula is C30H44N2O4. The number of benzene rings is 1. The van der Waals surface area contributed by atoms with Gasteiger partial charge in [-0.05, 0) is 60.3 Å². The second-order valence-corrected chi connectivity index (χ2v) is 12.2. The zero-order valence-corrected chi connectivity index (χ0v) is 23.3. The van der Waals surface area contributed by atoms with Crippen LogP contribution in [0.3, 0.4) is 0 Å². The maximum atomic E-state index is 13.7. The van der Waals surface area contributed by atoms with Crippen molar-refractivity contribution in [1.82, 2.24) is 10.6 Å². The van der Waals surface area contributed by atoms with E-state index in [0.29, 0.717) is 24.9 Å². The van der Waals surface area contributed by atoms with Crippen LogP contribution < -0.4 is 15.4 Å². The molecule has 1 aromatic rings. The molecule has 2 aliphatic rings. The summed E-state index contributed by atoms with van der Waals surface area (Å²) in [4.78, 5) is 27.1. The van der Waals surface area contributed by atoms with E-state index in [0.717, 1.165) is 41.9 Å². The first-order valence-electron chi connectivity index (χ1n) is 13.1. The van der Waals surface area contributed by atoms with Gasteiger partial charge in [0.1, 0.15) is 17.0 Å². The van der Waals surface area contributed by atoms with Gasteiger partial charge in [0.05, 0.1) is 14.2 Å². The van der Waals surface area contributed by atoms with Gasteiger partial charge in [0.15, 0.2) is 0 Å². The highest BCUT2D eigenvalue weighted by atomic mass is 16.5. The van der Waals surface area contributed by atoms with Crippen LogP contribution in [-0.4, -0.2) is 38.1 Å². The SMILES string of the molecule is COC1=CCC(CNC(=O)C2(NC(=O)c3cc(C(C)(C)C)c(OC)c(C(C)(C)C)c3)CCCC2)C=C1. The summed E-state index contributed by atoms with van der Waals surface area (Å²) in [5.41, 5.74) is 1.23. The number of methoxy groups -OCH3 is 2. The van der Waals surface area contributed by atoms with Crippen molar-refractivity contribution in [3.8, 4) is 5.75 Å². The minimum atomic E-state index is -0.882. The van der Waals surface area contributed by atoms with Crippen molar-refractivity contribution in [3.63, 3.8) is 0 Å². The van der Waals surface area contributed by atoms with E-state index in [-0.39, 0.29) is 28.6 Å². The number of rotatable bonds is 7. The standard InChI is InChI=1S/C30H44N2O4/c1-28(2,3)23-17-21(18-24(25(23)36-8)29(4,5)6)26(33)32-30(15-9-10-16-30)27(34)31-19-20-11-13-22(35-7)14-12-20/h11,13-14,17-18,20H,9-10,12,15-16,19H2,1-8H3,(H,31,34)(H,32,33). The van der Waals surface area contributed by atoms with E-state index >= 15 is 0 Å². The maximum Gasteiger partial charge on any atom is 0.252 e. The lowest BCUT2D eigenvalue weighted by atomic mass is 9.78. The summed E-state index contributed by atoms with van der Waals surface area (Å²) in [6.07, 6.45) is 9.99. The fourth-order valence-corrected chi connectivity index (χ4v) is 5.11. The average molecular weight is 497 g/mol. The topological polar surface area (TPSA) is 76.7 Å². The molecule has 36 heavy (non-hydrogen) atoms. The number of carbonyl (C=O) groups excluding carboxylic acids is 2. The molecule has 6 heteroatoms. The highest BCUT2D eigenvalue weighted by molar-refractivity contribution is 6.00. The number of carbonyl (C=O) groups is 2. The summed E-state index contributed by atoms with van der Waals surface area (Å²) in [7, 11) is 3.34. The van der Waals surface area contributed by atoms with E-state index < -0.39 is 5.54 Å². The van der Waals surface area contributed by atoms with Crippen molar-refractivity contribution in [3.05, 3.63) is 52.8 Å². The molecule has 6 nitrogen and oxygen atoms in total. The summed E-state index contributed by atoms with van der Waals surface area (Å²) in [5, 5.41) is 6.28. The molecule has 198 valence electrons. The molecule has 1 atom stereocenters. The fraction of sp³-hybridized carbons (Fsp3) is 0.600. The first-order chi connectivity index (χ1) is 16.8. The lowest BCUT2D eigenvalue weighted by Gasteiger charge is -2.32. The number of nitrogens with one attached hydrogen (secondary N) is 2. The molecule has 1 fully saturated rings. The summed E-state index contributed by atoms with van der Waals surface area (Å²) in [6.45, 7) is 13.3. The van der Waals surface area contributed by atoms with Crippen LogP contribution in [-0.2, 0) is 20.4 Å². The van der Waals surface area contributed by atoms with Gasteiger partial charge in [0.25, 0.3) is 5.91 Å². The Bertz CT molecular complexity index is 999. The molecule has 0 spiro atoms. The van der Waals surface area contributed by atoms with Crippen LogP contribution in [0.5, 0.6) is 5.75 Å². The van der Waals surface area contributed by atoms with Gasteiger partial charge in [0.2, 0.25) is 5.91 Å². The number of amides is 2. The first kappa shape index (κ1) is 27.8. The molecule has 0 aromatic heterocycles. The molecule has 3 rings (SSSR count). The highest BCUT2D eigenvalue weighted by Gasteiger charge is 2.43. The second-order valence-electron chi connectivity index (χ2n) is 12.2. The molecule has 0 bridgehead atoms. The minimum Gasteiger partial charge on any atom is -0.497 e. The Morgan fingerprint density at radius 2 is 1.56 bits per heavy atom. The van der Waals surface area contributed by atoms with Crippen molar-refractivity contribution >= 4 is 11.8 Å². The van der Waals surface area contributed by atoms with Gasteiger partial charge in [0, 0.05) is 23.2 Å². The van der Waals surface area contributed by atoms with Crippen LogP contribution in [0.2, 0.25) is 0 Å². The first-order valence-corrected chi connectivity index (χ1v) is 13.1. The Kier molecular flexibility index (Phi) is 8.27. The molecule has 1 unspecified atom stereocenters. The monoisotopic (exact) mass is 496 g/mol. The van der Waals surface area contributed by atoms with Crippen molar-refractivity contribution < 1.29 is 19.1 Å². The number of hydrogen-bond donors (Lipinski definition) is 2. The van der Waals surface area contributed by atoms with Gasteiger partial charge in [-0.25, -0.2) is 0 Å². The molecule has 2 N–H and O–H groups in total. The van der Waals surface area contributed by atoms with E-state index in [1.54, 1.807) is 14.2 Å². The summed E-state index contributed by atoms with van der Waals surface area (Å²) < 4.78 is 11.1. The number of ether oxygens (including phenoxy) is 2. The second kappa shape index (κ2) is 10.7. The normalized spacial score (nSPS) is 19.4. The average Bonchev–Trinajstić information content (AvgIpc) is 3.30. The van der Waals surface area contributed by atoms with Crippen molar-refractivity contribution in [2.75, 3.05) is 20.8 Å². The zero-order chi connectivity index (χ0) is 26.7. The van der Waals surface area contributed by atoms with E-state index in [9.17, 15) is 9.59 Å². The third kappa shape index (κ3) is 6.13. The van der Waals surface area contributed by atoms with Crippen LogP contribution in [0.1, 0.15) is 95.1 Å². The predicted molar refractivity (Wildman–Crippen MR) is 144 cm³/mol. The minimum absolute atomic E-state index is 0.0936. The van der Waals surface area contributed by atoms with Gasteiger partial charge in [-0.3, -0.25) is 9.59 Å². The molecule has 0 heterocycles. The van der Waals surface area contributed by atoms with Crippen LogP contribution in [0.25, 0.3) is 0 Å². The Labute approximate surface area is 216 Å². The van der Waals surface area contributed by atoms with Gasteiger partial charge in [-0.2, -0.15) is 0 Å². The third-order valence-corrected chi connectivity index (χ3v) is 7.33. The largest absolute Gasteiger partial charge is 0.497 e. The number of allylic oxidation sites excluding steroid dienone is 2. The van der Waals surface area contributed by atoms with Gasteiger partial charge in [-0.1, -0.05) is 60.5 Å². The molecule has 2 aliphatic carbocycles. The fourth-order valence-electron chi connectivity index (χ4n) is 5.11. The van der Waals surface area contributed by atoms with Crippen LogP contribution in [0.4, 0.5) is 0 Å². The quantitative estimate of drug-likeness (QED) is 0.518. The highest BCUT2D eigenvalue weighted by Crippen LogP contribution is 2.41. The van der Waals surface area contributed by atoms with Crippen molar-refractivity contribution in [1.29, 1.82) is 0 Å². The molecule has 0 aliphatic heterocycles. The Balaban J connectivity index is 1.84. The van der Waals surface area contributed by atoms with Crippen LogP contribution in [0, 0.1) is 5.92 Å². The zero-order valence-electron chi connectivity index (χ0n) is 23.3. The molecule has 0 saturated heterocycles. The van der Waals surface area contributed by atoms with Gasteiger partial charge >= 0.3 is 0 Å². The van der Waals surface area contributed by atoms with Crippen molar-refractivity contribution in [2.24, 2.45) is 5.92 Å². The smallest absolute Gasteiger partial charge is 0.252 e. The Hall–Kier alpha value is -2.76. The van der Waals surface area contributed by atoms with Crippen LogP contribution >= 0.6 is 0 Å². The Morgan fingerprint density at radius 3 is 2.00 bits per heavy atom. The van der Waals surface area contributed by atoms with E-state index in [4.69, 9.17) is 9.47 Å². The summed E-state index contributed by atoms with van der Waals surface area (Å²) >= 11 is 0. The van der Waals surface area contributed by atoms with Gasteiger partial charge in [-0.15, -0.1) is 0 Å². The predicted octanol–water partition coefficient (Wildman–Crippen LogP) is 5.56. The summed E-state index contributed by atoms with van der Waals surface area (Å²) in [5.74, 6) is 1.58. The Morgan fingerprint density at radius 1 is 0.972 bits per heavy atom. The lowest BCUT2D eigenvalue weighted by Crippen LogP contribution is -2.57. The molecule has 0 radical (unpaired) electrons. The van der Waals surface area contributed by atoms with E-state index in [1.807, 2.05) is 24.3 Å². The molecule has 1 aromatic carbocycles. The molecule has 1 saturated carbocycles. The molecule has 2 amide bonds. The van der Waals surface area contributed by atoms with Gasteiger partial charge < -0.3 is 20.1 Å². The van der Waals surface area contributed by atoms with Crippen molar-refractivity contribution in [2.45, 2.75) is 90.0 Å². The lowest BCUT2D eigenvalue weighted by molar-refractivity contribution is -0.127.